The number of ether oxygens (including phenoxy) is 1. The van der Waals surface area contributed by atoms with Gasteiger partial charge in [0.05, 0.1) is 24.9 Å². The number of morpholine rings is 1. The van der Waals surface area contributed by atoms with E-state index in [9.17, 15) is 9.59 Å². The molecule has 2 amide bonds. The SMILES string of the molecule is O=C(C=CC(=O)Nc1cc2c(Nc3ccc4[nH]ccc4c3)ncnc2cn1)NCCCN1CCOCC1. The monoisotopic (exact) mass is 500 g/mol. The summed E-state index contributed by atoms with van der Waals surface area (Å²) in [5, 5.41) is 10.6. The Morgan fingerprint density at radius 2 is 1.92 bits per heavy atom. The molecule has 4 aromatic rings. The molecule has 190 valence electrons. The minimum Gasteiger partial charge on any atom is -0.379 e. The summed E-state index contributed by atoms with van der Waals surface area (Å²) in [7, 11) is 0. The van der Waals surface area contributed by atoms with Crippen LogP contribution < -0.4 is 16.0 Å². The van der Waals surface area contributed by atoms with E-state index in [4.69, 9.17) is 4.74 Å². The Labute approximate surface area is 213 Å². The summed E-state index contributed by atoms with van der Waals surface area (Å²) in [6.07, 6.45) is 8.16. The highest BCUT2D eigenvalue weighted by Crippen LogP contribution is 2.26. The number of carbonyl (C=O) groups excluding carboxylic acids is 2. The minimum atomic E-state index is -0.459. The number of benzene rings is 1. The van der Waals surface area contributed by atoms with Crippen LogP contribution in [0.15, 0.2) is 61.2 Å². The molecular formula is C26H28N8O3. The van der Waals surface area contributed by atoms with Crippen LogP contribution in [-0.4, -0.2) is 76.0 Å². The Kier molecular flexibility index (Phi) is 7.63. The summed E-state index contributed by atoms with van der Waals surface area (Å²) in [6, 6.07) is 9.65. The van der Waals surface area contributed by atoms with E-state index in [0.717, 1.165) is 55.9 Å². The second-order valence-electron chi connectivity index (χ2n) is 8.63. The van der Waals surface area contributed by atoms with Gasteiger partial charge in [-0.1, -0.05) is 0 Å². The Morgan fingerprint density at radius 1 is 1.05 bits per heavy atom. The number of pyridine rings is 1. The third-order valence-electron chi connectivity index (χ3n) is 6.03. The number of nitrogens with zero attached hydrogens (tertiary/aromatic N) is 4. The molecule has 5 rings (SSSR count). The summed E-state index contributed by atoms with van der Waals surface area (Å²) in [6.45, 7) is 4.80. The molecule has 1 aliphatic rings. The molecule has 4 N–H and O–H groups in total. The van der Waals surface area contributed by atoms with Crippen molar-refractivity contribution >= 4 is 50.9 Å². The number of rotatable bonds is 9. The van der Waals surface area contributed by atoms with E-state index in [1.165, 1.54) is 18.5 Å². The van der Waals surface area contributed by atoms with Gasteiger partial charge in [-0.15, -0.1) is 0 Å². The summed E-state index contributed by atoms with van der Waals surface area (Å²) in [4.78, 5) is 42.8. The number of nitrogens with one attached hydrogen (secondary N) is 4. The highest BCUT2D eigenvalue weighted by Gasteiger charge is 2.10. The molecule has 0 saturated carbocycles. The van der Waals surface area contributed by atoms with Crippen LogP contribution in [0.2, 0.25) is 0 Å². The lowest BCUT2D eigenvalue weighted by Gasteiger charge is -2.26. The largest absolute Gasteiger partial charge is 0.379 e. The predicted octanol–water partition coefficient (Wildman–Crippen LogP) is 2.58. The lowest BCUT2D eigenvalue weighted by Crippen LogP contribution is -2.38. The van der Waals surface area contributed by atoms with E-state index in [1.54, 1.807) is 12.3 Å². The number of amides is 2. The zero-order valence-corrected chi connectivity index (χ0v) is 20.2. The molecular weight excluding hydrogens is 472 g/mol. The number of H-pyrrole nitrogens is 1. The second-order valence-corrected chi connectivity index (χ2v) is 8.63. The molecule has 1 aliphatic heterocycles. The van der Waals surface area contributed by atoms with Gasteiger partial charge in [0.15, 0.2) is 0 Å². The van der Waals surface area contributed by atoms with Crippen LogP contribution >= 0.6 is 0 Å². The molecule has 0 spiro atoms. The zero-order chi connectivity index (χ0) is 25.5. The number of fused-ring (bicyclic) bond motifs is 2. The maximum Gasteiger partial charge on any atom is 0.249 e. The maximum atomic E-state index is 12.4. The topological polar surface area (TPSA) is 137 Å². The van der Waals surface area contributed by atoms with E-state index in [-0.39, 0.29) is 5.91 Å². The van der Waals surface area contributed by atoms with Gasteiger partial charge >= 0.3 is 0 Å². The van der Waals surface area contributed by atoms with Crippen LogP contribution in [0.3, 0.4) is 0 Å². The van der Waals surface area contributed by atoms with Gasteiger partial charge in [0.1, 0.15) is 18.0 Å². The zero-order valence-electron chi connectivity index (χ0n) is 20.2. The number of hydrogen-bond acceptors (Lipinski definition) is 8. The van der Waals surface area contributed by atoms with E-state index >= 15 is 0 Å². The van der Waals surface area contributed by atoms with Crippen LogP contribution in [-0.2, 0) is 14.3 Å². The molecule has 1 aromatic carbocycles. The fraction of sp³-hybridized carbons (Fsp3) is 0.269. The van der Waals surface area contributed by atoms with Crippen molar-refractivity contribution in [3.63, 3.8) is 0 Å². The molecule has 0 bridgehead atoms. The van der Waals surface area contributed by atoms with Crippen LogP contribution in [0.4, 0.5) is 17.3 Å². The summed E-state index contributed by atoms with van der Waals surface area (Å²) in [5.74, 6) is 0.138. The molecule has 4 heterocycles. The lowest BCUT2D eigenvalue weighted by atomic mass is 10.2. The molecule has 3 aromatic heterocycles. The highest BCUT2D eigenvalue weighted by molar-refractivity contribution is 6.04. The van der Waals surface area contributed by atoms with Gasteiger partial charge in [-0.2, -0.15) is 0 Å². The molecule has 1 saturated heterocycles. The first-order chi connectivity index (χ1) is 18.1. The van der Waals surface area contributed by atoms with Gasteiger partial charge in [-0.05, 0) is 43.3 Å². The third kappa shape index (κ3) is 6.46. The van der Waals surface area contributed by atoms with E-state index < -0.39 is 5.91 Å². The van der Waals surface area contributed by atoms with Crippen molar-refractivity contribution in [2.24, 2.45) is 0 Å². The quantitative estimate of drug-likeness (QED) is 0.203. The molecule has 1 fully saturated rings. The lowest BCUT2D eigenvalue weighted by molar-refractivity contribution is -0.117. The highest BCUT2D eigenvalue weighted by atomic mass is 16.5. The fourth-order valence-electron chi connectivity index (χ4n) is 4.11. The number of anilines is 3. The van der Waals surface area contributed by atoms with Crippen LogP contribution in [0, 0.1) is 0 Å². The van der Waals surface area contributed by atoms with Crippen molar-refractivity contribution in [1.82, 2.24) is 30.2 Å². The molecule has 0 aliphatic carbocycles. The third-order valence-corrected chi connectivity index (χ3v) is 6.03. The first-order valence-corrected chi connectivity index (χ1v) is 12.2. The summed E-state index contributed by atoms with van der Waals surface area (Å²) < 4.78 is 5.33. The van der Waals surface area contributed by atoms with Crippen molar-refractivity contribution in [3.8, 4) is 0 Å². The minimum absolute atomic E-state index is 0.317. The summed E-state index contributed by atoms with van der Waals surface area (Å²) in [5.41, 5.74) is 2.54. The smallest absolute Gasteiger partial charge is 0.249 e. The van der Waals surface area contributed by atoms with Crippen molar-refractivity contribution in [3.05, 3.63) is 61.2 Å². The van der Waals surface area contributed by atoms with E-state index in [0.29, 0.717) is 29.1 Å². The van der Waals surface area contributed by atoms with Crippen LogP contribution in [0.5, 0.6) is 0 Å². The molecule has 0 atom stereocenters. The standard InChI is InChI=1S/C26H28N8O3/c35-24(28-7-1-9-34-10-12-37-13-11-34)4-5-25(36)33-23-15-20-22(16-29-23)30-17-31-26(20)32-19-2-3-21-18(14-19)6-8-27-21/h2-6,8,14-17,27H,1,7,9-13H2,(H,28,35)(H,29,33,36)(H,30,31,32). The first-order valence-electron chi connectivity index (χ1n) is 12.2. The Hall–Kier alpha value is -4.35. The molecule has 37 heavy (non-hydrogen) atoms. The maximum absolute atomic E-state index is 12.4. The van der Waals surface area contributed by atoms with Gasteiger partial charge in [-0.25, -0.2) is 15.0 Å². The second kappa shape index (κ2) is 11.6. The van der Waals surface area contributed by atoms with Crippen molar-refractivity contribution in [2.45, 2.75) is 6.42 Å². The number of aromatic amines is 1. The summed E-state index contributed by atoms with van der Waals surface area (Å²) >= 11 is 0. The van der Waals surface area contributed by atoms with Gasteiger partial charge in [0, 0.05) is 60.0 Å². The van der Waals surface area contributed by atoms with Crippen LogP contribution in [0.1, 0.15) is 6.42 Å². The van der Waals surface area contributed by atoms with Crippen molar-refractivity contribution in [2.75, 3.05) is 50.0 Å². The number of aromatic nitrogens is 4. The molecule has 0 radical (unpaired) electrons. The predicted molar refractivity (Wildman–Crippen MR) is 142 cm³/mol. The van der Waals surface area contributed by atoms with Crippen molar-refractivity contribution in [1.29, 1.82) is 0 Å². The van der Waals surface area contributed by atoms with E-state index in [1.807, 2.05) is 30.5 Å². The average molecular weight is 501 g/mol. The molecule has 11 heteroatoms. The molecule has 11 nitrogen and oxygen atoms in total. The van der Waals surface area contributed by atoms with E-state index in [2.05, 4.69) is 40.8 Å². The number of hydrogen-bond donors (Lipinski definition) is 4. The Morgan fingerprint density at radius 3 is 2.81 bits per heavy atom. The van der Waals surface area contributed by atoms with Gasteiger partial charge in [-0.3, -0.25) is 14.5 Å². The fourth-order valence-corrected chi connectivity index (χ4v) is 4.11. The molecule has 0 unspecified atom stereocenters. The normalized spacial score (nSPS) is 14.3. The van der Waals surface area contributed by atoms with Crippen molar-refractivity contribution < 1.29 is 14.3 Å². The first kappa shape index (κ1) is 24.3. The van der Waals surface area contributed by atoms with Gasteiger partial charge in [0.2, 0.25) is 11.8 Å². The van der Waals surface area contributed by atoms with Crippen LogP contribution in [0.25, 0.3) is 21.8 Å². The Balaban J connectivity index is 1.16. The van der Waals surface area contributed by atoms with Gasteiger partial charge < -0.3 is 25.7 Å². The average Bonchev–Trinajstić information content (AvgIpc) is 3.39. The Bertz CT molecular complexity index is 1430. The number of carbonyl (C=O) groups is 2. The van der Waals surface area contributed by atoms with Gasteiger partial charge in [0.25, 0.3) is 0 Å².